The Morgan fingerprint density at radius 3 is 2.52 bits per heavy atom. The van der Waals surface area contributed by atoms with Crippen LogP contribution in [0, 0.1) is 0 Å². The van der Waals surface area contributed by atoms with E-state index in [0.717, 1.165) is 32.2 Å². The molecule has 0 spiro atoms. The standard InChI is InChI=1S/C24H21NO3S/c1-3-27-20-14-13-16-9-5-6-10-17(16)19(20)15-25-23-22(24(26)28-4-2)18-11-7-8-12-21(18)29-23/h5-15H,3-4H2,1-2H3. The molecule has 0 aliphatic carbocycles. The van der Waals surface area contributed by atoms with Gasteiger partial charge in [-0.3, -0.25) is 0 Å². The molecule has 4 nitrogen and oxygen atoms in total. The number of hydrogen-bond donors (Lipinski definition) is 0. The summed E-state index contributed by atoms with van der Waals surface area (Å²) < 4.78 is 12.1. The van der Waals surface area contributed by atoms with E-state index >= 15 is 0 Å². The summed E-state index contributed by atoms with van der Waals surface area (Å²) in [6.07, 6.45) is 1.79. The van der Waals surface area contributed by atoms with Gasteiger partial charge in [0, 0.05) is 21.9 Å². The van der Waals surface area contributed by atoms with Crippen LogP contribution in [0.15, 0.2) is 65.7 Å². The molecule has 0 amide bonds. The second-order valence-electron chi connectivity index (χ2n) is 6.39. The van der Waals surface area contributed by atoms with Gasteiger partial charge in [-0.2, -0.15) is 0 Å². The number of nitrogens with zero attached hydrogens (tertiary/aromatic N) is 1. The number of carbonyl (C=O) groups excluding carboxylic acids is 1. The molecular weight excluding hydrogens is 382 g/mol. The number of thiophene rings is 1. The molecule has 0 atom stereocenters. The highest BCUT2D eigenvalue weighted by atomic mass is 32.1. The molecule has 0 fully saturated rings. The summed E-state index contributed by atoms with van der Waals surface area (Å²) in [5.74, 6) is 0.425. The summed E-state index contributed by atoms with van der Waals surface area (Å²) in [7, 11) is 0. The normalized spacial score (nSPS) is 11.4. The van der Waals surface area contributed by atoms with Crippen LogP contribution in [-0.2, 0) is 4.74 Å². The van der Waals surface area contributed by atoms with Crippen LogP contribution in [0.25, 0.3) is 20.9 Å². The molecule has 0 saturated heterocycles. The maximum atomic E-state index is 12.6. The van der Waals surface area contributed by atoms with Crippen LogP contribution in [0.5, 0.6) is 5.75 Å². The first-order valence-electron chi connectivity index (χ1n) is 9.60. The third-order valence-corrected chi connectivity index (χ3v) is 5.68. The zero-order chi connectivity index (χ0) is 20.2. The molecule has 0 bridgehead atoms. The Morgan fingerprint density at radius 2 is 1.72 bits per heavy atom. The van der Waals surface area contributed by atoms with Gasteiger partial charge in [0.1, 0.15) is 16.3 Å². The fourth-order valence-electron chi connectivity index (χ4n) is 3.34. The van der Waals surface area contributed by atoms with Crippen molar-refractivity contribution in [1.82, 2.24) is 0 Å². The van der Waals surface area contributed by atoms with Gasteiger partial charge in [0.15, 0.2) is 0 Å². The van der Waals surface area contributed by atoms with E-state index in [2.05, 4.69) is 12.1 Å². The highest BCUT2D eigenvalue weighted by molar-refractivity contribution is 7.23. The molecule has 0 radical (unpaired) electrons. The van der Waals surface area contributed by atoms with Crippen molar-refractivity contribution in [2.45, 2.75) is 13.8 Å². The second-order valence-corrected chi connectivity index (χ2v) is 7.42. The lowest BCUT2D eigenvalue weighted by Gasteiger charge is -2.10. The Labute approximate surface area is 173 Å². The predicted molar refractivity (Wildman–Crippen MR) is 120 cm³/mol. The number of carbonyl (C=O) groups is 1. The first-order valence-corrected chi connectivity index (χ1v) is 10.4. The molecule has 4 aromatic rings. The van der Waals surface area contributed by atoms with Gasteiger partial charge in [-0.25, -0.2) is 9.79 Å². The third-order valence-electron chi connectivity index (χ3n) is 4.60. The van der Waals surface area contributed by atoms with Crippen LogP contribution in [0.1, 0.15) is 29.8 Å². The lowest BCUT2D eigenvalue weighted by molar-refractivity contribution is 0.0530. The van der Waals surface area contributed by atoms with Crippen LogP contribution >= 0.6 is 11.3 Å². The molecule has 29 heavy (non-hydrogen) atoms. The van der Waals surface area contributed by atoms with E-state index in [1.165, 1.54) is 11.3 Å². The molecule has 0 aliphatic rings. The summed E-state index contributed by atoms with van der Waals surface area (Å²) in [5.41, 5.74) is 1.42. The highest BCUT2D eigenvalue weighted by Crippen LogP contribution is 2.38. The minimum absolute atomic E-state index is 0.323. The Morgan fingerprint density at radius 1 is 0.966 bits per heavy atom. The van der Waals surface area contributed by atoms with Crippen molar-refractivity contribution in [3.8, 4) is 5.75 Å². The highest BCUT2D eigenvalue weighted by Gasteiger charge is 2.19. The van der Waals surface area contributed by atoms with Gasteiger partial charge < -0.3 is 9.47 Å². The van der Waals surface area contributed by atoms with Crippen molar-refractivity contribution < 1.29 is 14.3 Å². The van der Waals surface area contributed by atoms with Crippen molar-refractivity contribution >= 4 is 49.4 Å². The average Bonchev–Trinajstić information content (AvgIpc) is 3.11. The molecule has 4 rings (SSSR count). The Hall–Kier alpha value is -3.18. The molecule has 146 valence electrons. The van der Waals surface area contributed by atoms with E-state index in [1.807, 2.05) is 55.5 Å². The van der Waals surface area contributed by atoms with Crippen LogP contribution in [0.3, 0.4) is 0 Å². The minimum Gasteiger partial charge on any atom is -0.493 e. The number of fused-ring (bicyclic) bond motifs is 2. The predicted octanol–water partition coefficient (Wildman–Crippen LogP) is 6.38. The first-order chi connectivity index (χ1) is 14.2. The molecule has 3 aromatic carbocycles. The number of ether oxygens (including phenoxy) is 2. The quantitative estimate of drug-likeness (QED) is 0.277. The first kappa shape index (κ1) is 19.2. The summed E-state index contributed by atoms with van der Waals surface area (Å²) in [4.78, 5) is 17.3. The smallest absolute Gasteiger partial charge is 0.341 e. The maximum absolute atomic E-state index is 12.6. The van der Waals surface area contributed by atoms with E-state index < -0.39 is 0 Å². The third kappa shape index (κ3) is 3.74. The zero-order valence-electron chi connectivity index (χ0n) is 16.3. The average molecular weight is 404 g/mol. The molecule has 5 heteroatoms. The Bertz CT molecular complexity index is 1210. The molecular formula is C24H21NO3S. The van der Waals surface area contributed by atoms with Crippen LogP contribution in [0.2, 0.25) is 0 Å². The van der Waals surface area contributed by atoms with Crippen molar-refractivity contribution in [2.24, 2.45) is 4.99 Å². The van der Waals surface area contributed by atoms with Gasteiger partial charge in [0.05, 0.1) is 13.2 Å². The van der Waals surface area contributed by atoms with Crippen molar-refractivity contribution in [1.29, 1.82) is 0 Å². The van der Waals surface area contributed by atoms with Gasteiger partial charge >= 0.3 is 5.97 Å². The van der Waals surface area contributed by atoms with Gasteiger partial charge in [-0.1, -0.05) is 48.5 Å². The number of aliphatic imine (C=N–C) groups is 1. The van der Waals surface area contributed by atoms with Crippen LogP contribution < -0.4 is 4.74 Å². The van der Waals surface area contributed by atoms with Gasteiger partial charge in [0.25, 0.3) is 0 Å². The largest absolute Gasteiger partial charge is 0.493 e. The molecule has 1 aromatic heterocycles. The Balaban J connectivity index is 1.86. The number of hydrogen-bond acceptors (Lipinski definition) is 5. The van der Waals surface area contributed by atoms with Crippen molar-refractivity contribution in [3.63, 3.8) is 0 Å². The SMILES string of the molecule is CCOC(=O)c1c(N=Cc2c(OCC)ccc3ccccc23)sc2ccccc12. The van der Waals surface area contributed by atoms with Crippen LogP contribution in [0.4, 0.5) is 5.00 Å². The van der Waals surface area contributed by atoms with E-state index in [0.29, 0.717) is 23.8 Å². The van der Waals surface area contributed by atoms with Crippen molar-refractivity contribution in [3.05, 3.63) is 71.8 Å². The van der Waals surface area contributed by atoms with E-state index in [9.17, 15) is 4.79 Å². The van der Waals surface area contributed by atoms with Gasteiger partial charge in [-0.05, 0) is 36.8 Å². The lowest BCUT2D eigenvalue weighted by atomic mass is 10.0. The van der Waals surface area contributed by atoms with E-state index in [1.54, 1.807) is 13.1 Å². The van der Waals surface area contributed by atoms with Gasteiger partial charge in [-0.15, -0.1) is 11.3 Å². The summed E-state index contributed by atoms with van der Waals surface area (Å²) in [5, 5.41) is 3.67. The molecule has 0 unspecified atom stereocenters. The number of rotatable bonds is 6. The maximum Gasteiger partial charge on any atom is 0.341 e. The fourth-order valence-corrected chi connectivity index (χ4v) is 4.37. The second kappa shape index (κ2) is 8.45. The number of esters is 1. The molecule has 1 heterocycles. The van der Waals surface area contributed by atoms with E-state index in [-0.39, 0.29) is 5.97 Å². The van der Waals surface area contributed by atoms with E-state index in [4.69, 9.17) is 14.5 Å². The summed E-state index contributed by atoms with van der Waals surface area (Å²) in [6, 6.07) is 19.9. The summed E-state index contributed by atoms with van der Waals surface area (Å²) in [6.45, 7) is 4.65. The molecule has 0 aliphatic heterocycles. The van der Waals surface area contributed by atoms with Crippen molar-refractivity contribution in [2.75, 3.05) is 13.2 Å². The topological polar surface area (TPSA) is 47.9 Å². The molecule has 0 N–H and O–H groups in total. The number of benzene rings is 3. The monoisotopic (exact) mass is 403 g/mol. The summed E-state index contributed by atoms with van der Waals surface area (Å²) >= 11 is 1.48. The minimum atomic E-state index is -0.347. The lowest BCUT2D eigenvalue weighted by Crippen LogP contribution is -2.04. The zero-order valence-corrected chi connectivity index (χ0v) is 17.2. The van der Waals surface area contributed by atoms with Crippen LogP contribution in [-0.4, -0.2) is 25.4 Å². The fraction of sp³-hybridized carbons (Fsp3) is 0.167. The Kier molecular flexibility index (Phi) is 5.58. The molecule has 0 saturated carbocycles. The van der Waals surface area contributed by atoms with Gasteiger partial charge in [0.2, 0.25) is 0 Å².